The zero-order valence-corrected chi connectivity index (χ0v) is 14.6. The lowest BCUT2D eigenvalue weighted by atomic mass is 10.1. The van der Waals surface area contributed by atoms with E-state index in [0.29, 0.717) is 16.7 Å². The van der Waals surface area contributed by atoms with Crippen molar-refractivity contribution < 1.29 is 17.6 Å². The zero-order valence-electron chi connectivity index (χ0n) is 13.1. The Morgan fingerprint density at radius 2 is 1.83 bits per heavy atom. The second-order valence-corrected chi connectivity index (χ2v) is 7.85. The van der Waals surface area contributed by atoms with E-state index in [1.807, 2.05) is 0 Å². The fourth-order valence-electron chi connectivity index (χ4n) is 2.20. The fourth-order valence-corrected chi connectivity index (χ4v) is 4.15. The molecule has 0 saturated heterocycles. The third-order valence-corrected chi connectivity index (χ3v) is 5.61. The largest absolute Gasteiger partial charge is 0.294 e. The number of sulfone groups is 1. The molecule has 0 aliphatic carbocycles. The first-order valence-corrected chi connectivity index (χ1v) is 9.17. The highest BCUT2D eigenvalue weighted by Gasteiger charge is 2.21. The van der Waals surface area contributed by atoms with Gasteiger partial charge in [-0.15, -0.1) is 0 Å². The molecule has 2 aromatic rings. The Kier molecular flexibility index (Phi) is 5.57. The molecule has 2 aromatic carbocycles. The molecule has 0 saturated carbocycles. The van der Waals surface area contributed by atoms with E-state index >= 15 is 0 Å². The van der Waals surface area contributed by atoms with Crippen molar-refractivity contribution in [2.24, 2.45) is 0 Å². The number of ketones is 1. The Labute approximate surface area is 145 Å². The van der Waals surface area contributed by atoms with Crippen molar-refractivity contribution in [1.29, 1.82) is 0 Å². The van der Waals surface area contributed by atoms with Gasteiger partial charge in [0.1, 0.15) is 5.82 Å². The lowest BCUT2D eigenvalue weighted by Crippen LogP contribution is -2.11. The molecule has 126 valence electrons. The Bertz CT molecular complexity index is 904. The van der Waals surface area contributed by atoms with E-state index in [-0.39, 0.29) is 27.9 Å². The standard InChI is InChI=1S/C18H16ClFO3S/c1-12(2)17(21)9-13-5-3-4-6-18(13)24(22,23)11-14-7-8-15(20)10-16(14)19/h3-8,10H,1,9,11H2,2H3. The quantitative estimate of drug-likeness (QED) is 0.722. The van der Waals surface area contributed by atoms with E-state index in [9.17, 15) is 17.6 Å². The van der Waals surface area contributed by atoms with Crippen LogP contribution < -0.4 is 0 Å². The van der Waals surface area contributed by atoms with Crippen LogP contribution in [0, 0.1) is 5.82 Å². The average Bonchev–Trinajstić information content (AvgIpc) is 2.50. The predicted octanol–water partition coefficient (Wildman–Crippen LogP) is 4.14. The molecule has 0 fully saturated rings. The average molecular weight is 367 g/mol. The number of hydrogen-bond donors (Lipinski definition) is 0. The summed E-state index contributed by atoms with van der Waals surface area (Å²) in [4.78, 5) is 12.0. The molecule has 0 bridgehead atoms. The Hall–Kier alpha value is -1.98. The zero-order chi connectivity index (χ0) is 17.9. The van der Waals surface area contributed by atoms with Gasteiger partial charge < -0.3 is 0 Å². The first-order valence-electron chi connectivity index (χ1n) is 7.14. The molecule has 0 radical (unpaired) electrons. The normalized spacial score (nSPS) is 11.3. The molecular formula is C18H16ClFO3S. The van der Waals surface area contributed by atoms with Crippen molar-refractivity contribution in [3.63, 3.8) is 0 Å². The molecule has 0 heterocycles. The van der Waals surface area contributed by atoms with Crippen LogP contribution in [0.25, 0.3) is 0 Å². The van der Waals surface area contributed by atoms with Gasteiger partial charge in [0.25, 0.3) is 0 Å². The molecule has 0 atom stereocenters. The van der Waals surface area contributed by atoms with Crippen LogP contribution >= 0.6 is 11.6 Å². The van der Waals surface area contributed by atoms with Crippen molar-refractivity contribution in [1.82, 2.24) is 0 Å². The third kappa shape index (κ3) is 4.30. The fraction of sp³-hybridized carbons (Fsp3) is 0.167. The maximum atomic E-state index is 13.1. The molecular weight excluding hydrogens is 351 g/mol. The Balaban J connectivity index is 2.39. The highest BCUT2D eigenvalue weighted by atomic mass is 35.5. The number of allylic oxidation sites excluding steroid dienone is 1. The monoisotopic (exact) mass is 366 g/mol. The van der Waals surface area contributed by atoms with E-state index < -0.39 is 15.7 Å². The Morgan fingerprint density at radius 1 is 1.17 bits per heavy atom. The van der Waals surface area contributed by atoms with Crippen molar-refractivity contribution >= 4 is 27.2 Å². The smallest absolute Gasteiger partial charge is 0.182 e. The molecule has 6 heteroatoms. The van der Waals surface area contributed by atoms with Gasteiger partial charge in [0.2, 0.25) is 0 Å². The predicted molar refractivity (Wildman–Crippen MR) is 92.3 cm³/mol. The minimum atomic E-state index is -3.74. The van der Waals surface area contributed by atoms with Gasteiger partial charge in [0.15, 0.2) is 15.6 Å². The minimum absolute atomic E-state index is 0.0398. The Morgan fingerprint density at radius 3 is 2.46 bits per heavy atom. The summed E-state index contributed by atoms with van der Waals surface area (Å²) in [5, 5.41) is 0.0501. The summed E-state index contributed by atoms with van der Waals surface area (Å²) >= 11 is 5.92. The number of carbonyl (C=O) groups is 1. The second kappa shape index (κ2) is 7.28. The number of hydrogen-bond acceptors (Lipinski definition) is 3. The molecule has 3 nitrogen and oxygen atoms in total. The van der Waals surface area contributed by atoms with Crippen LogP contribution in [0.15, 0.2) is 59.5 Å². The molecule has 0 N–H and O–H groups in total. The second-order valence-electron chi connectivity index (χ2n) is 5.48. The lowest BCUT2D eigenvalue weighted by molar-refractivity contribution is -0.114. The van der Waals surface area contributed by atoms with Crippen molar-refractivity contribution in [3.8, 4) is 0 Å². The first-order chi connectivity index (χ1) is 11.2. The minimum Gasteiger partial charge on any atom is -0.294 e. The summed E-state index contributed by atoms with van der Waals surface area (Å²) in [5.41, 5.74) is 1.08. The van der Waals surface area contributed by atoms with Gasteiger partial charge in [-0.05, 0) is 41.8 Å². The lowest BCUT2D eigenvalue weighted by Gasteiger charge is -2.11. The SMILES string of the molecule is C=C(C)C(=O)Cc1ccccc1S(=O)(=O)Cc1ccc(F)cc1Cl. The van der Waals surface area contributed by atoms with E-state index in [2.05, 4.69) is 6.58 Å². The maximum Gasteiger partial charge on any atom is 0.182 e. The van der Waals surface area contributed by atoms with Crippen LogP contribution in [-0.4, -0.2) is 14.2 Å². The van der Waals surface area contributed by atoms with E-state index in [1.165, 1.54) is 12.1 Å². The van der Waals surface area contributed by atoms with Crippen LogP contribution in [0.5, 0.6) is 0 Å². The molecule has 0 aliphatic rings. The summed E-state index contributed by atoms with van der Waals surface area (Å²) in [6, 6.07) is 9.89. The third-order valence-electron chi connectivity index (χ3n) is 3.50. The van der Waals surface area contributed by atoms with Gasteiger partial charge in [0.05, 0.1) is 10.6 Å². The van der Waals surface area contributed by atoms with Crippen LogP contribution in [-0.2, 0) is 26.8 Å². The number of halogens is 2. The summed E-state index contributed by atoms with van der Waals surface area (Å²) in [7, 11) is -3.74. The van der Waals surface area contributed by atoms with Crippen molar-refractivity contribution in [2.45, 2.75) is 24.0 Å². The molecule has 0 aromatic heterocycles. The highest BCUT2D eigenvalue weighted by molar-refractivity contribution is 7.90. The van der Waals surface area contributed by atoms with Crippen molar-refractivity contribution in [3.05, 3.63) is 76.6 Å². The van der Waals surface area contributed by atoms with Crippen LogP contribution in [0.3, 0.4) is 0 Å². The number of Topliss-reactive ketones (excluding diaryl/α,β-unsaturated/α-hetero) is 1. The number of benzene rings is 2. The van der Waals surface area contributed by atoms with Gasteiger partial charge in [0, 0.05) is 11.4 Å². The molecule has 0 unspecified atom stereocenters. The molecule has 0 spiro atoms. The van der Waals surface area contributed by atoms with E-state index in [0.717, 1.165) is 12.1 Å². The first kappa shape index (κ1) is 18.4. The maximum absolute atomic E-state index is 13.1. The van der Waals surface area contributed by atoms with Gasteiger partial charge in [-0.3, -0.25) is 4.79 Å². The van der Waals surface area contributed by atoms with Crippen LogP contribution in [0.2, 0.25) is 5.02 Å². The topological polar surface area (TPSA) is 51.2 Å². The number of rotatable bonds is 6. The summed E-state index contributed by atoms with van der Waals surface area (Å²) in [5.74, 6) is -1.13. The van der Waals surface area contributed by atoms with Gasteiger partial charge in [-0.1, -0.05) is 42.4 Å². The summed E-state index contributed by atoms with van der Waals surface area (Å²) in [6.45, 7) is 5.16. The van der Waals surface area contributed by atoms with Gasteiger partial charge >= 0.3 is 0 Å². The van der Waals surface area contributed by atoms with Crippen molar-refractivity contribution in [2.75, 3.05) is 0 Å². The van der Waals surface area contributed by atoms with Crippen LogP contribution in [0.4, 0.5) is 4.39 Å². The molecule has 2 rings (SSSR count). The van der Waals surface area contributed by atoms with Gasteiger partial charge in [-0.25, -0.2) is 12.8 Å². The summed E-state index contributed by atoms with van der Waals surface area (Å²) < 4.78 is 38.6. The molecule has 0 amide bonds. The van der Waals surface area contributed by atoms with Gasteiger partial charge in [-0.2, -0.15) is 0 Å². The summed E-state index contributed by atoms with van der Waals surface area (Å²) in [6.07, 6.45) is -0.0398. The van der Waals surface area contributed by atoms with E-state index in [1.54, 1.807) is 25.1 Å². The molecule has 0 aliphatic heterocycles. The molecule has 24 heavy (non-hydrogen) atoms. The van der Waals surface area contributed by atoms with Crippen LogP contribution in [0.1, 0.15) is 18.1 Å². The highest BCUT2D eigenvalue weighted by Crippen LogP contribution is 2.25. The van der Waals surface area contributed by atoms with E-state index in [4.69, 9.17) is 11.6 Å². The number of carbonyl (C=O) groups excluding carboxylic acids is 1.